The lowest BCUT2D eigenvalue weighted by Crippen LogP contribution is -2.30. The third-order valence-corrected chi connectivity index (χ3v) is 3.80. The lowest BCUT2D eigenvalue weighted by atomic mass is 10.0. The van der Waals surface area contributed by atoms with Gasteiger partial charge in [0.15, 0.2) is 0 Å². The van der Waals surface area contributed by atoms with Gasteiger partial charge in [0.05, 0.1) is 12.0 Å². The largest absolute Gasteiger partial charge is 0.370 e. The average Bonchev–Trinajstić information content (AvgIpc) is 2.53. The van der Waals surface area contributed by atoms with Gasteiger partial charge in [0.1, 0.15) is 0 Å². The normalized spacial score (nSPS) is 13.5. The van der Waals surface area contributed by atoms with E-state index in [0.29, 0.717) is 6.04 Å². The molecule has 0 heterocycles. The maximum atomic E-state index is 9.08. The van der Waals surface area contributed by atoms with Crippen LogP contribution in [0.5, 0.6) is 0 Å². The van der Waals surface area contributed by atoms with Gasteiger partial charge < -0.3 is 10.2 Å². The number of hydrogen-bond acceptors (Lipinski definition) is 3. The Morgan fingerprint density at radius 3 is 2.52 bits per heavy atom. The van der Waals surface area contributed by atoms with Crippen molar-refractivity contribution in [1.29, 1.82) is 5.26 Å². The summed E-state index contributed by atoms with van der Waals surface area (Å²) in [4.78, 5) is 2.32. The predicted molar refractivity (Wildman–Crippen MR) is 90.4 cm³/mol. The molecule has 1 aromatic carbocycles. The van der Waals surface area contributed by atoms with Crippen molar-refractivity contribution in [2.45, 2.75) is 46.6 Å². The quantitative estimate of drug-likeness (QED) is 0.742. The zero-order chi connectivity index (χ0) is 15.7. The fraction of sp³-hybridized carbons (Fsp3) is 0.611. The number of benzene rings is 1. The molecule has 2 atom stereocenters. The van der Waals surface area contributed by atoms with E-state index in [-0.39, 0.29) is 5.92 Å². The first kappa shape index (κ1) is 17.5. The number of rotatable bonds is 9. The second kappa shape index (κ2) is 9.41. The smallest absolute Gasteiger partial charge is 0.0671 e. The predicted octanol–water partition coefficient (Wildman–Crippen LogP) is 4.12. The SMILES string of the molecule is CCCNC(CC)c1ccccc1N(CC)CC(C)C#N. The standard InChI is InChI=1S/C18H29N3/c1-5-12-20-17(6-2)16-10-8-9-11-18(16)21(7-3)14-15(4)13-19/h8-11,15,17,20H,5-7,12,14H2,1-4H3. The van der Waals surface area contributed by atoms with Crippen LogP contribution in [-0.4, -0.2) is 19.6 Å². The number of para-hydroxylation sites is 1. The Morgan fingerprint density at radius 2 is 1.95 bits per heavy atom. The van der Waals surface area contributed by atoms with E-state index < -0.39 is 0 Å². The van der Waals surface area contributed by atoms with Crippen LogP contribution in [0, 0.1) is 17.2 Å². The summed E-state index contributed by atoms with van der Waals surface area (Å²) in [5.41, 5.74) is 2.61. The summed E-state index contributed by atoms with van der Waals surface area (Å²) in [6.45, 7) is 11.3. The fourth-order valence-corrected chi connectivity index (χ4v) is 2.63. The topological polar surface area (TPSA) is 39.1 Å². The molecule has 2 unspecified atom stereocenters. The second-order valence-corrected chi connectivity index (χ2v) is 5.54. The lowest BCUT2D eigenvalue weighted by molar-refractivity contribution is 0.516. The van der Waals surface area contributed by atoms with Crippen LogP contribution in [0.15, 0.2) is 24.3 Å². The Labute approximate surface area is 130 Å². The van der Waals surface area contributed by atoms with E-state index >= 15 is 0 Å². The monoisotopic (exact) mass is 287 g/mol. The molecular formula is C18H29N3. The van der Waals surface area contributed by atoms with Gasteiger partial charge in [-0.1, -0.05) is 32.0 Å². The van der Waals surface area contributed by atoms with E-state index in [1.807, 2.05) is 6.92 Å². The van der Waals surface area contributed by atoms with Crippen molar-refractivity contribution in [1.82, 2.24) is 5.32 Å². The molecule has 116 valence electrons. The van der Waals surface area contributed by atoms with Crippen LogP contribution in [-0.2, 0) is 0 Å². The van der Waals surface area contributed by atoms with Gasteiger partial charge in [0.2, 0.25) is 0 Å². The Hall–Kier alpha value is -1.53. The van der Waals surface area contributed by atoms with Gasteiger partial charge >= 0.3 is 0 Å². The van der Waals surface area contributed by atoms with Crippen molar-refractivity contribution in [3.8, 4) is 6.07 Å². The molecule has 0 spiro atoms. The number of nitriles is 1. The van der Waals surface area contributed by atoms with Crippen molar-refractivity contribution in [2.75, 3.05) is 24.5 Å². The van der Waals surface area contributed by atoms with Crippen LogP contribution in [0.1, 0.15) is 52.1 Å². The molecular weight excluding hydrogens is 258 g/mol. The van der Waals surface area contributed by atoms with E-state index in [0.717, 1.165) is 32.5 Å². The van der Waals surface area contributed by atoms with Gasteiger partial charge in [-0.2, -0.15) is 5.26 Å². The van der Waals surface area contributed by atoms with Crippen LogP contribution < -0.4 is 10.2 Å². The van der Waals surface area contributed by atoms with E-state index in [4.69, 9.17) is 5.26 Å². The van der Waals surface area contributed by atoms with Gasteiger partial charge in [0, 0.05) is 24.8 Å². The van der Waals surface area contributed by atoms with Gasteiger partial charge in [-0.15, -0.1) is 0 Å². The van der Waals surface area contributed by atoms with Crippen LogP contribution in [0.2, 0.25) is 0 Å². The molecule has 0 fully saturated rings. The average molecular weight is 287 g/mol. The van der Waals surface area contributed by atoms with E-state index in [9.17, 15) is 0 Å². The maximum absolute atomic E-state index is 9.08. The Balaban J connectivity index is 3.02. The number of nitrogens with one attached hydrogen (secondary N) is 1. The highest BCUT2D eigenvalue weighted by Gasteiger charge is 2.17. The summed E-state index contributed by atoms with van der Waals surface area (Å²) in [7, 11) is 0. The van der Waals surface area contributed by atoms with Crippen LogP contribution >= 0.6 is 0 Å². The third-order valence-electron chi connectivity index (χ3n) is 3.80. The summed E-state index contributed by atoms with van der Waals surface area (Å²) in [6, 6.07) is 11.3. The zero-order valence-corrected chi connectivity index (χ0v) is 13.9. The molecule has 21 heavy (non-hydrogen) atoms. The number of hydrogen-bond donors (Lipinski definition) is 1. The molecule has 0 aliphatic rings. The number of anilines is 1. The maximum Gasteiger partial charge on any atom is 0.0671 e. The lowest BCUT2D eigenvalue weighted by Gasteiger charge is -2.29. The molecule has 0 aliphatic carbocycles. The second-order valence-electron chi connectivity index (χ2n) is 5.54. The van der Waals surface area contributed by atoms with Crippen LogP contribution in [0.25, 0.3) is 0 Å². The summed E-state index contributed by atoms with van der Waals surface area (Å²) in [5, 5.41) is 12.7. The minimum atomic E-state index is 0.0432. The summed E-state index contributed by atoms with van der Waals surface area (Å²) in [6.07, 6.45) is 2.21. The Kier molecular flexibility index (Phi) is 7.85. The van der Waals surface area contributed by atoms with Crippen LogP contribution in [0.3, 0.4) is 0 Å². The molecule has 3 nitrogen and oxygen atoms in total. The van der Waals surface area contributed by atoms with E-state index in [1.54, 1.807) is 0 Å². The molecule has 0 radical (unpaired) electrons. The molecule has 0 saturated carbocycles. The highest BCUT2D eigenvalue weighted by Crippen LogP contribution is 2.28. The highest BCUT2D eigenvalue weighted by molar-refractivity contribution is 5.55. The van der Waals surface area contributed by atoms with Gasteiger partial charge in [-0.25, -0.2) is 0 Å². The minimum Gasteiger partial charge on any atom is -0.370 e. The van der Waals surface area contributed by atoms with E-state index in [1.165, 1.54) is 11.3 Å². The minimum absolute atomic E-state index is 0.0432. The molecule has 3 heteroatoms. The van der Waals surface area contributed by atoms with Crippen molar-refractivity contribution < 1.29 is 0 Å². The molecule has 0 amide bonds. The van der Waals surface area contributed by atoms with Gasteiger partial charge in [-0.05, 0) is 44.9 Å². The highest BCUT2D eigenvalue weighted by atomic mass is 15.1. The summed E-state index contributed by atoms with van der Waals surface area (Å²) in [5.74, 6) is 0.0432. The fourth-order valence-electron chi connectivity index (χ4n) is 2.63. The zero-order valence-electron chi connectivity index (χ0n) is 13.9. The first-order valence-electron chi connectivity index (χ1n) is 8.14. The Bertz CT molecular complexity index is 450. The molecule has 0 aromatic heterocycles. The molecule has 0 bridgehead atoms. The molecule has 0 aliphatic heterocycles. The molecule has 0 saturated heterocycles. The molecule has 1 rings (SSSR count). The Morgan fingerprint density at radius 1 is 1.24 bits per heavy atom. The van der Waals surface area contributed by atoms with Crippen molar-refractivity contribution >= 4 is 5.69 Å². The number of nitrogens with zero attached hydrogens (tertiary/aromatic N) is 2. The summed E-state index contributed by atoms with van der Waals surface area (Å²) >= 11 is 0. The first-order valence-corrected chi connectivity index (χ1v) is 8.14. The third kappa shape index (κ3) is 5.06. The molecule has 1 N–H and O–H groups in total. The van der Waals surface area contributed by atoms with Crippen molar-refractivity contribution in [3.05, 3.63) is 29.8 Å². The van der Waals surface area contributed by atoms with Crippen molar-refractivity contribution in [3.63, 3.8) is 0 Å². The van der Waals surface area contributed by atoms with Crippen molar-refractivity contribution in [2.24, 2.45) is 5.92 Å². The van der Waals surface area contributed by atoms with Gasteiger partial charge in [-0.3, -0.25) is 0 Å². The van der Waals surface area contributed by atoms with Gasteiger partial charge in [0.25, 0.3) is 0 Å². The van der Waals surface area contributed by atoms with Crippen LogP contribution in [0.4, 0.5) is 5.69 Å². The first-order chi connectivity index (χ1) is 10.2. The molecule has 1 aromatic rings. The van der Waals surface area contributed by atoms with E-state index in [2.05, 4.69) is 61.3 Å². The summed E-state index contributed by atoms with van der Waals surface area (Å²) < 4.78 is 0.